The van der Waals surface area contributed by atoms with Gasteiger partial charge in [-0.15, -0.1) is 0 Å². The first-order valence-corrected chi connectivity index (χ1v) is 41.1. The first kappa shape index (κ1) is 68.4. The lowest BCUT2D eigenvalue weighted by molar-refractivity contribution is 0.590. The fourth-order valence-electron chi connectivity index (χ4n) is 20.0. The van der Waals surface area contributed by atoms with Gasteiger partial charge >= 0.3 is 0 Å². The molecule has 19 aromatic carbocycles. The summed E-state index contributed by atoms with van der Waals surface area (Å²) < 4.78 is 5.11. The molecule has 5 heteroatoms. The van der Waals surface area contributed by atoms with Crippen LogP contribution in [0.1, 0.15) is 52.7 Å². The largest absolute Gasteiger partial charge is 0.310 e. The quantitative estimate of drug-likeness (QED) is 0.0729. The Bertz CT molecular complexity index is 7380. The van der Waals surface area contributed by atoms with Crippen LogP contribution < -0.4 is 26.2 Å². The van der Waals surface area contributed by atoms with Gasteiger partial charge in [0.15, 0.2) is 0 Å². The van der Waals surface area contributed by atoms with Gasteiger partial charge in [-0.2, -0.15) is 0 Å². The van der Waals surface area contributed by atoms with Crippen molar-refractivity contribution in [1.29, 1.82) is 0 Å². The molecule has 2 aliphatic rings. The summed E-state index contributed by atoms with van der Waals surface area (Å²) in [5.41, 5.74) is 35.2. The van der Waals surface area contributed by atoms with Crippen molar-refractivity contribution in [2.45, 2.75) is 52.4 Å². The highest BCUT2D eigenvalue weighted by atomic mass is 15.2. The molecule has 0 bridgehead atoms. The monoisotopic (exact) mass is 1490 g/mol. The van der Waals surface area contributed by atoms with E-state index in [0.29, 0.717) is 0 Å². The molecule has 0 amide bonds. The number of hydrogen-bond donors (Lipinski definition) is 0. The second kappa shape index (κ2) is 26.1. The maximum Gasteiger partial charge on any atom is 0.252 e. The van der Waals surface area contributed by atoms with Crippen molar-refractivity contribution in [2.24, 2.45) is 0 Å². The molecule has 2 aliphatic heterocycles. The molecule has 23 rings (SSSR count). The van der Waals surface area contributed by atoms with Crippen molar-refractivity contribution in [3.05, 3.63) is 393 Å². The molecule has 0 spiro atoms. The molecule has 0 saturated carbocycles. The van der Waals surface area contributed by atoms with E-state index in [9.17, 15) is 0 Å². The van der Waals surface area contributed by atoms with Crippen LogP contribution >= 0.6 is 0 Å². The van der Waals surface area contributed by atoms with Gasteiger partial charge in [0.05, 0.1) is 33.4 Å². The Kier molecular flexibility index (Phi) is 15.3. The molecule has 0 saturated heterocycles. The number of fused-ring (bicyclic) bond motifs is 8. The van der Waals surface area contributed by atoms with E-state index < -0.39 is 0 Å². The number of anilines is 6. The van der Waals surface area contributed by atoms with Crippen molar-refractivity contribution < 1.29 is 0 Å². The number of benzene rings is 19. The Morgan fingerprint density at radius 1 is 0.222 bits per heavy atom. The Hall–Kier alpha value is -14.3. The molecule has 0 N–H and O–H groups in total. The highest BCUT2D eigenvalue weighted by Crippen LogP contribution is 2.57. The maximum absolute atomic E-state index is 2.75. The fraction of sp³-hybridized carbons (Fsp3) is 0.0714. The SMILES string of the molecule is CC(C)(C)c1ccc(-c2cc(-c3ccccc3)cc(-c3ccccc3)c2N2c3cc(-n4c5ccccc5c5ccccc54)ccc3B3c4ccc(-n5c6ccc7cccc8c9cccc%10ccc5c(c%109)c6c78)cc4N(c4c(-c5ccccc5)cc(-c5ccccc5)cc4-c4ccc(C(C)(C)C)cc4)c4cc(-c5ccccc5)cc2c43)cc1. The van der Waals surface area contributed by atoms with E-state index in [2.05, 4.69) is 443 Å². The van der Waals surface area contributed by atoms with Crippen LogP contribution in [0.4, 0.5) is 34.1 Å². The zero-order valence-electron chi connectivity index (χ0n) is 66.2. The summed E-state index contributed by atoms with van der Waals surface area (Å²) in [6, 6.07) is 146. The van der Waals surface area contributed by atoms with Crippen LogP contribution in [0.15, 0.2) is 382 Å². The third kappa shape index (κ3) is 10.7. The molecular weight excluding hydrogens is 1410 g/mol. The fourth-order valence-corrected chi connectivity index (χ4v) is 20.0. The minimum absolute atomic E-state index is 0.0841. The summed E-state index contributed by atoms with van der Waals surface area (Å²) in [5.74, 6) is 0. The summed E-state index contributed by atoms with van der Waals surface area (Å²) in [5, 5.41) is 12.7. The highest BCUT2D eigenvalue weighted by molar-refractivity contribution is 7.00. The maximum atomic E-state index is 2.75. The predicted octanol–water partition coefficient (Wildman–Crippen LogP) is 28.6. The summed E-state index contributed by atoms with van der Waals surface area (Å²) in [4.78, 5) is 5.48. The van der Waals surface area contributed by atoms with E-state index in [1.807, 2.05) is 0 Å². The summed E-state index contributed by atoms with van der Waals surface area (Å²) in [6.07, 6.45) is 0. The number of para-hydroxylation sites is 2. The van der Waals surface area contributed by atoms with Crippen LogP contribution in [0, 0.1) is 0 Å². The molecule has 552 valence electrons. The lowest BCUT2D eigenvalue weighted by Gasteiger charge is -2.46. The first-order valence-electron chi connectivity index (χ1n) is 41.1. The normalized spacial score (nSPS) is 12.8. The van der Waals surface area contributed by atoms with Crippen LogP contribution in [0.3, 0.4) is 0 Å². The molecule has 0 fully saturated rings. The van der Waals surface area contributed by atoms with Gasteiger partial charge in [-0.3, -0.25) is 0 Å². The smallest absolute Gasteiger partial charge is 0.252 e. The number of rotatable bonds is 11. The van der Waals surface area contributed by atoms with Crippen molar-refractivity contribution in [3.8, 4) is 89.3 Å². The molecule has 0 atom stereocenters. The Labute approximate surface area is 682 Å². The summed E-state index contributed by atoms with van der Waals surface area (Å²) in [6.45, 7) is 13.6. The summed E-state index contributed by atoms with van der Waals surface area (Å²) >= 11 is 0. The molecule has 4 nitrogen and oxygen atoms in total. The van der Waals surface area contributed by atoms with E-state index in [-0.39, 0.29) is 17.5 Å². The third-order valence-corrected chi connectivity index (χ3v) is 25.5. The van der Waals surface area contributed by atoms with Gasteiger partial charge in [-0.1, -0.05) is 339 Å². The van der Waals surface area contributed by atoms with Crippen molar-refractivity contribution in [2.75, 3.05) is 9.80 Å². The third-order valence-electron chi connectivity index (χ3n) is 25.5. The van der Waals surface area contributed by atoms with Crippen molar-refractivity contribution in [3.63, 3.8) is 0 Å². The van der Waals surface area contributed by atoms with Crippen LogP contribution in [0.2, 0.25) is 0 Å². The standard InChI is InChI=1S/C112H81BN4/c1-111(2,3)82-52-46-75(47-53-82)92-64-79(70-28-12-7-13-29-70)62-90(73-34-18-10-19-35-73)109(92)116-100-68-84(114-96-44-24-22-40-86(96)87-41-23-25-45-97(87)114)56-58-94(100)113-95-59-57-85(115-98-60-50-77-38-26-42-88-89-43-27-39-78-51-61-99(115)107(105(78)89)106(98)104(77)88)69-101(95)117(103-67-81(66-102(116)108(103)113)72-32-16-9-17-33-72)110-91(74-36-20-11-21-37-74)63-80(71-30-14-8-15-31-71)65-93(110)76-48-54-83(55-49-76)112(4,5)6/h7-69H,1-6H3. The molecule has 0 unspecified atom stereocenters. The number of aromatic nitrogens is 2. The average Bonchev–Trinajstić information content (AvgIpc) is 0.732. The second-order valence-corrected chi connectivity index (χ2v) is 34.3. The molecule has 0 aliphatic carbocycles. The van der Waals surface area contributed by atoms with E-state index >= 15 is 0 Å². The summed E-state index contributed by atoms with van der Waals surface area (Å²) in [7, 11) is 0. The molecule has 21 aromatic rings. The lowest BCUT2D eigenvalue weighted by Crippen LogP contribution is -2.61. The van der Waals surface area contributed by atoms with E-state index in [0.717, 1.165) is 134 Å². The Morgan fingerprint density at radius 2 is 0.547 bits per heavy atom. The van der Waals surface area contributed by atoms with Gasteiger partial charge < -0.3 is 18.9 Å². The van der Waals surface area contributed by atoms with Crippen LogP contribution in [-0.2, 0) is 10.8 Å². The topological polar surface area (TPSA) is 16.3 Å². The Balaban J connectivity index is 0.905. The number of hydrogen-bond acceptors (Lipinski definition) is 2. The van der Waals surface area contributed by atoms with E-state index in [1.165, 1.54) is 92.4 Å². The predicted molar refractivity (Wildman–Crippen MR) is 499 cm³/mol. The minimum Gasteiger partial charge on any atom is -0.310 e. The molecule has 4 heterocycles. The van der Waals surface area contributed by atoms with Crippen LogP contribution in [0.25, 0.3) is 165 Å². The number of nitrogens with zero attached hydrogens (tertiary/aromatic N) is 4. The van der Waals surface area contributed by atoms with Crippen molar-refractivity contribution >= 4 is 133 Å². The van der Waals surface area contributed by atoms with Crippen LogP contribution in [0.5, 0.6) is 0 Å². The van der Waals surface area contributed by atoms with Gasteiger partial charge in [0.1, 0.15) is 0 Å². The van der Waals surface area contributed by atoms with Gasteiger partial charge in [0.25, 0.3) is 6.71 Å². The zero-order valence-corrected chi connectivity index (χ0v) is 66.2. The van der Waals surface area contributed by atoms with Gasteiger partial charge in [-0.25, -0.2) is 0 Å². The lowest BCUT2D eigenvalue weighted by atomic mass is 9.33. The van der Waals surface area contributed by atoms with E-state index in [1.54, 1.807) is 0 Å². The highest BCUT2D eigenvalue weighted by Gasteiger charge is 2.46. The second-order valence-electron chi connectivity index (χ2n) is 34.3. The molecule has 2 aromatic heterocycles. The molecule has 117 heavy (non-hydrogen) atoms. The van der Waals surface area contributed by atoms with Gasteiger partial charge in [0.2, 0.25) is 0 Å². The van der Waals surface area contributed by atoms with Gasteiger partial charge in [0, 0.05) is 77.9 Å². The molecule has 0 radical (unpaired) electrons. The Morgan fingerprint density at radius 3 is 0.923 bits per heavy atom. The average molecular weight is 1490 g/mol. The van der Waals surface area contributed by atoms with Gasteiger partial charge in [-0.05, 0) is 211 Å². The minimum atomic E-state index is -0.312. The van der Waals surface area contributed by atoms with Crippen molar-refractivity contribution in [1.82, 2.24) is 9.13 Å². The van der Waals surface area contributed by atoms with Crippen LogP contribution in [-0.4, -0.2) is 15.8 Å². The first-order chi connectivity index (χ1) is 57.3. The zero-order chi connectivity index (χ0) is 78.1. The van der Waals surface area contributed by atoms with E-state index in [4.69, 9.17) is 0 Å². The molecular formula is C112H81BN4.